The van der Waals surface area contributed by atoms with Gasteiger partial charge in [-0.05, 0) is 86.7 Å². The van der Waals surface area contributed by atoms with Crippen molar-refractivity contribution in [2.24, 2.45) is 5.92 Å². The van der Waals surface area contributed by atoms with E-state index in [0.717, 1.165) is 16.7 Å². The van der Waals surface area contributed by atoms with Crippen LogP contribution in [0.3, 0.4) is 0 Å². The fraction of sp³-hybridized carbons (Fsp3) is 0.296. The Bertz CT molecular complexity index is 1080. The maximum absolute atomic E-state index is 13.3. The molecule has 1 aromatic heterocycles. The quantitative estimate of drug-likeness (QED) is 0.442. The van der Waals surface area contributed by atoms with E-state index in [9.17, 15) is 14.0 Å². The molecule has 2 aromatic carbocycles. The fourth-order valence-electron chi connectivity index (χ4n) is 3.48. The van der Waals surface area contributed by atoms with Crippen LogP contribution in [0, 0.1) is 11.7 Å². The number of hydrogen-bond donors (Lipinski definition) is 1. The minimum Gasteiger partial charge on any atom is -0.460 e. The van der Waals surface area contributed by atoms with Gasteiger partial charge in [0.1, 0.15) is 11.4 Å². The number of aromatic nitrogens is 1. The topological polar surface area (TPSA) is 68.3 Å². The molecule has 0 aliphatic rings. The Morgan fingerprint density at radius 2 is 1.70 bits per heavy atom. The van der Waals surface area contributed by atoms with Crippen LogP contribution in [0.15, 0.2) is 73.1 Å². The minimum absolute atomic E-state index is 0.119. The van der Waals surface area contributed by atoms with Gasteiger partial charge >= 0.3 is 5.97 Å². The van der Waals surface area contributed by atoms with E-state index in [1.54, 1.807) is 24.5 Å². The lowest BCUT2D eigenvalue weighted by atomic mass is 9.93. The van der Waals surface area contributed by atoms with Crippen LogP contribution in [0.4, 0.5) is 10.1 Å². The lowest BCUT2D eigenvalue weighted by Crippen LogP contribution is -2.28. The first kappa shape index (κ1) is 24.1. The minimum atomic E-state index is -0.584. The number of carbonyl (C=O) groups is 2. The standard InChI is InChI=1S/C27H29FN2O3/c1-27(2,3)33-25(31)12-9-22(17-19-7-10-23(28)11-8-19)26(32)30-24-6-4-5-21(18-24)20-13-15-29-16-14-20/h4-8,10-11,13-16,18,22H,9,12,17H2,1-3H3,(H,30,32)/t22-/m0/s1. The molecule has 0 aliphatic heterocycles. The van der Waals surface area contributed by atoms with E-state index in [-0.39, 0.29) is 24.1 Å². The zero-order valence-electron chi connectivity index (χ0n) is 19.2. The second kappa shape index (κ2) is 10.9. The molecule has 6 heteroatoms. The van der Waals surface area contributed by atoms with Gasteiger partial charge in [-0.3, -0.25) is 14.6 Å². The number of benzene rings is 2. The Balaban J connectivity index is 1.74. The zero-order valence-corrected chi connectivity index (χ0v) is 19.2. The van der Waals surface area contributed by atoms with Crippen LogP contribution in [0.5, 0.6) is 0 Å². The summed E-state index contributed by atoms with van der Waals surface area (Å²) in [4.78, 5) is 29.5. The number of halogens is 1. The van der Waals surface area contributed by atoms with Gasteiger partial charge in [0.2, 0.25) is 5.91 Å². The fourth-order valence-corrected chi connectivity index (χ4v) is 3.48. The van der Waals surface area contributed by atoms with Crippen LogP contribution in [-0.4, -0.2) is 22.5 Å². The Morgan fingerprint density at radius 3 is 2.36 bits per heavy atom. The van der Waals surface area contributed by atoms with Gasteiger partial charge in [-0.1, -0.05) is 24.3 Å². The number of anilines is 1. The molecule has 3 aromatic rings. The molecule has 1 heterocycles. The number of carbonyl (C=O) groups excluding carboxylic acids is 2. The van der Waals surface area contributed by atoms with Crippen LogP contribution in [0.2, 0.25) is 0 Å². The molecule has 0 saturated heterocycles. The largest absolute Gasteiger partial charge is 0.460 e. The zero-order chi connectivity index (χ0) is 23.8. The number of ether oxygens (including phenoxy) is 1. The van der Waals surface area contributed by atoms with E-state index < -0.39 is 11.5 Å². The first-order chi connectivity index (χ1) is 15.7. The van der Waals surface area contributed by atoms with Crippen LogP contribution < -0.4 is 5.32 Å². The lowest BCUT2D eigenvalue weighted by Gasteiger charge is -2.21. The summed E-state index contributed by atoms with van der Waals surface area (Å²) >= 11 is 0. The number of pyridine rings is 1. The predicted molar refractivity (Wildman–Crippen MR) is 127 cm³/mol. The summed E-state index contributed by atoms with van der Waals surface area (Å²) in [7, 11) is 0. The molecular formula is C27H29FN2O3. The van der Waals surface area contributed by atoms with E-state index in [4.69, 9.17) is 4.74 Å². The van der Waals surface area contributed by atoms with Crippen molar-refractivity contribution in [3.8, 4) is 11.1 Å². The molecule has 0 bridgehead atoms. The van der Waals surface area contributed by atoms with Crippen molar-refractivity contribution >= 4 is 17.6 Å². The molecule has 0 radical (unpaired) electrons. The summed E-state index contributed by atoms with van der Waals surface area (Å²) in [5.74, 6) is -1.36. The molecule has 3 rings (SSSR count). The highest BCUT2D eigenvalue weighted by atomic mass is 19.1. The molecular weight excluding hydrogens is 419 g/mol. The smallest absolute Gasteiger partial charge is 0.306 e. The Hall–Kier alpha value is -3.54. The summed E-state index contributed by atoms with van der Waals surface area (Å²) in [6, 6.07) is 17.4. The van der Waals surface area contributed by atoms with Gasteiger partial charge in [-0.15, -0.1) is 0 Å². The molecule has 33 heavy (non-hydrogen) atoms. The summed E-state index contributed by atoms with van der Waals surface area (Å²) in [5, 5.41) is 2.98. The monoisotopic (exact) mass is 448 g/mol. The highest BCUT2D eigenvalue weighted by molar-refractivity contribution is 5.93. The second-order valence-corrected chi connectivity index (χ2v) is 8.96. The molecule has 1 amide bonds. The van der Waals surface area contributed by atoms with Crippen LogP contribution in [0.25, 0.3) is 11.1 Å². The van der Waals surface area contributed by atoms with Crippen molar-refractivity contribution in [1.82, 2.24) is 4.98 Å². The molecule has 0 unspecified atom stereocenters. The van der Waals surface area contributed by atoms with Gasteiger partial charge in [0.15, 0.2) is 0 Å². The van der Waals surface area contributed by atoms with Crippen molar-refractivity contribution in [3.05, 3.63) is 84.4 Å². The van der Waals surface area contributed by atoms with Crippen LogP contribution in [-0.2, 0) is 20.7 Å². The van der Waals surface area contributed by atoms with Crippen molar-refractivity contribution < 1.29 is 18.7 Å². The Kier molecular flexibility index (Phi) is 7.93. The van der Waals surface area contributed by atoms with Gasteiger partial charge in [-0.25, -0.2) is 4.39 Å². The van der Waals surface area contributed by atoms with Gasteiger partial charge in [0.05, 0.1) is 0 Å². The summed E-state index contributed by atoms with van der Waals surface area (Å²) < 4.78 is 18.7. The highest BCUT2D eigenvalue weighted by Gasteiger charge is 2.23. The van der Waals surface area contributed by atoms with E-state index in [1.807, 2.05) is 57.2 Å². The number of nitrogens with zero attached hydrogens (tertiary/aromatic N) is 1. The lowest BCUT2D eigenvalue weighted by molar-refractivity contribution is -0.155. The third-order valence-corrected chi connectivity index (χ3v) is 5.03. The molecule has 1 N–H and O–H groups in total. The molecule has 0 saturated carbocycles. The maximum Gasteiger partial charge on any atom is 0.306 e. The molecule has 5 nitrogen and oxygen atoms in total. The van der Waals surface area contributed by atoms with E-state index in [0.29, 0.717) is 18.5 Å². The Morgan fingerprint density at radius 1 is 1.00 bits per heavy atom. The number of hydrogen-bond acceptors (Lipinski definition) is 4. The Labute approximate surface area is 194 Å². The normalized spacial score (nSPS) is 12.1. The van der Waals surface area contributed by atoms with Crippen molar-refractivity contribution in [1.29, 1.82) is 0 Å². The van der Waals surface area contributed by atoms with Gasteiger partial charge in [-0.2, -0.15) is 0 Å². The second-order valence-electron chi connectivity index (χ2n) is 8.96. The van der Waals surface area contributed by atoms with Crippen molar-refractivity contribution in [2.75, 3.05) is 5.32 Å². The number of rotatable bonds is 8. The van der Waals surface area contributed by atoms with Gasteiger partial charge in [0, 0.05) is 30.4 Å². The maximum atomic E-state index is 13.3. The van der Waals surface area contributed by atoms with Gasteiger partial charge < -0.3 is 10.1 Å². The summed E-state index contributed by atoms with van der Waals surface area (Å²) in [6.45, 7) is 5.43. The van der Waals surface area contributed by atoms with E-state index in [1.165, 1.54) is 12.1 Å². The predicted octanol–water partition coefficient (Wildman–Crippen LogP) is 5.81. The van der Waals surface area contributed by atoms with Crippen molar-refractivity contribution in [3.63, 3.8) is 0 Å². The van der Waals surface area contributed by atoms with Gasteiger partial charge in [0.25, 0.3) is 0 Å². The SMILES string of the molecule is CC(C)(C)OC(=O)CC[C@@H](Cc1ccc(F)cc1)C(=O)Nc1cccc(-c2ccncc2)c1. The van der Waals surface area contributed by atoms with Crippen LogP contribution >= 0.6 is 0 Å². The molecule has 0 aliphatic carbocycles. The molecule has 0 fully saturated rings. The average molecular weight is 449 g/mol. The molecule has 1 atom stereocenters. The number of esters is 1. The van der Waals surface area contributed by atoms with Crippen LogP contribution in [0.1, 0.15) is 39.2 Å². The van der Waals surface area contributed by atoms with Crippen molar-refractivity contribution in [2.45, 2.75) is 45.6 Å². The summed E-state index contributed by atoms with van der Waals surface area (Å²) in [5.41, 5.74) is 2.86. The van der Waals surface area contributed by atoms with E-state index >= 15 is 0 Å². The third kappa shape index (κ3) is 7.83. The van der Waals surface area contributed by atoms with E-state index in [2.05, 4.69) is 10.3 Å². The first-order valence-corrected chi connectivity index (χ1v) is 11.0. The molecule has 0 spiro atoms. The number of amides is 1. The third-order valence-electron chi connectivity index (χ3n) is 5.03. The summed E-state index contributed by atoms with van der Waals surface area (Å²) in [6.07, 6.45) is 4.26. The molecule has 172 valence electrons. The first-order valence-electron chi connectivity index (χ1n) is 11.0. The average Bonchev–Trinajstić information content (AvgIpc) is 2.77. The highest BCUT2D eigenvalue weighted by Crippen LogP contribution is 2.24. The number of nitrogens with one attached hydrogen (secondary N) is 1.